The fourth-order valence-electron chi connectivity index (χ4n) is 8.16. The predicted molar refractivity (Wildman–Crippen MR) is 133 cm³/mol. The number of rotatable bonds is 2. The van der Waals surface area contributed by atoms with Crippen molar-refractivity contribution >= 4 is 16.5 Å². The van der Waals surface area contributed by atoms with E-state index in [4.69, 9.17) is 4.65 Å². The molecule has 0 bridgehead atoms. The number of hydrogen-bond acceptors (Lipinski definition) is 1. The Balaban J connectivity index is 7.45. The van der Waals surface area contributed by atoms with Gasteiger partial charge in [0.05, 0.1) is 0 Å². The molecule has 0 aromatic rings. The molecule has 1 nitrogen and oxygen atoms in total. The van der Waals surface area contributed by atoms with Gasteiger partial charge in [0, 0.05) is 0 Å². The lowest BCUT2D eigenvalue weighted by atomic mass is 10.2. The van der Waals surface area contributed by atoms with Gasteiger partial charge in [-0.15, -0.1) is 0 Å². The zero-order valence-electron chi connectivity index (χ0n) is 22.5. The van der Waals surface area contributed by atoms with Gasteiger partial charge < -0.3 is 4.65 Å². The maximum Gasteiger partial charge on any atom is 0.135 e. The topological polar surface area (TPSA) is 12.0 Å². The summed E-state index contributed by atoms with van der Waals surface area (Å²) in [5, 5.41) is 1.52. The normalized spacial score (nSPS) is 16.7. The third-order valence-corrected chi connectivity index (χ3v) is 23.6. The van der Waals surface area contributed by atoms with Gasteiger partial charge in [0.15, 0.2) is 0 Å². The van der Waals surface area contributed by atoms with Crippen LogP contribution < -0.4 is 4.65 Å². The van der Waals surface area contributed by atoms with E-state index in [1.54, 1.807) is 0 Å². The van der Waals surface area contributed by atoms with E-state index >= 15 is 0 Å². The van der Waals surface area contributed by atoms with Gasteiger partial charge >= 0.3 is 0 Å². The molecule has 0 aliphatic rings. The zero-order chi connectivity index (χ0) is 22.7. The molecule has 0 radical (unpaired) electrons. The summed E-state index contributed by atoms with van der Waals surface area (Å²) in [6.45, 7) is 45.2. The Hall–Kier alpha value is 0.394. The molecule has 0 aromatic carbocycles. The SMILES string of the molecule is CC(C)(C)[Si](N[Si](C(C)(C)C)(C(C)(C)C)C(C)(C)C)(C(C)(C)C)C(C)(C)C. The highest BCUT2D eigenvalue weighted by Crippen LogP contribution is 2.66. The highest BCUT2D eigenvalue weighted by atomic mass is 28.4. The van der Waals surface area contributed by atoms with Crippen LogP contribution in [0.1, 0.15) is 125 Å². The third kappa shape index (κ3) is 4.31. The van der Waals surface area contributed by atoms with Crippen molar-refractivity contribution < 1.29 is 0 Å². The molecule has 0 aliphatic carbocycles. The monoisotopic (exact) mass is 413 g/mol. The van der Waals surface area contributed by atoms with Crippen molar-refractivity contribution in [3.05, 3.63) is 0 Å². The molecular weight excluding hydrogens is 358 g/mol. The van der Waals surface area contributed by atoms with Crippen LogP contribution in [0.3, 0.4) is 0 Å². The summed E-state index contributed by atoms with van der Waals surface area (Å²) in [5.74, 6) is 0. The van der Waals surface area contributed by atoms with Crippen molar-refractivity contribution in [1.29, 1.82) is 0 Å². The van der Waals surface area contributed by atoms with E-state index in [9.17, 15) is 0 Å². The first-order chi connectivity index (χ1) is 11.2. The average Bonchev–Trinajstić information content (AvgIpc) is 2.16. The van der Waals surface area contributed by atoms with Crippen molar-refractivity contribution in [3.63, 3.8) is 0 Å². The van der Waals surface area contributed by atoms with E-state index in [0.29, 0.717) is 0 Å². The van der Waals surface area contributed by atoms with Crippen LogP contribution in [0, 0.1) is 0 Å². The molecule has 27 heavy (non-hydrogen) atoms. The van der Waals surface area contributed by atoms with Crippen molar-refractivity contribution in [2.75, 3.05) is 0 Å². The van der Waals surface area contributed by atoms with Crippen LogP contribution in [0.15, 0.2) is 0 Å². The lowest BCUT2D eigenvalue weighted by Crippen LogP contribution is -2.81. The van der Waals surface area contributed by atoms with E-state index in [1.165, 1.54) is 0 Å². The van der Waals surface area contributed by atoms with E-state index in [1.807, 2.05) is 0 Å². The minimum Gasteiger partial charge on any atom is -0.357 e. The van der Waals surface area contributed by atoms with Crippen LogP contribution in [0.25, 0.3) is 0 Å². The highest BCUT2D eigenvalue weighted by molar-refractivity contribution is 7.00. The van der Waals surface area contributed by atoms with Crippen LogP contribution in [0.2, 0.25) is 30.2 Å². The Morgan fingerprint density at radius 3 is 0.481 bits per heavy atom. The number of hydrogen-bond donors (Lipinski definition) is 1. The predicted octanol–water partition coefficient (Wildman–Crippen LogP) is 9.27. The van der Waals surface area contributed by atoms with Crippen LogP contribution in [-0.4, -0.2) is 16.5 Å². The third-order valence-electron chi connectivity index (χ3n) is 7.12. The van der Waals surface area contributed by atoms with E-state index in [-0.39, 0.29) is 30.2 Å². The summed E-state index contributed by atoms with van der Waals surface area (Å²) in [5.41, 5.74) is 0. The number of nitrogens with one attached hydrogen (secondary N) is 1. The fraction of sp³-hybridized carbons (Fsp3) is 1.00. The lowest BCUT2D eigenvalue weighted by molar-refractivity contribution is 0.481. The molecule has 0 saturated carbocycles. The van der Waals surface area contributed by atoms with Gasteiger partial charge in [-0.1, -0.05) is 125 Å². The van der Waals surface area contributed by atoms with E-state index in [0.717, 1.165) is 0 Å². The smallest absolute Gasteiger partial charge is 0.135 e. The maximum absolute atomic E-state index is 4.80. The van der Waals surface area contributed by atoms with Gasteiger partial charge in [0.2, 0.25) is 0 Å². The van der Waals surface area contributed by atoms with Gasteiger partial charge in [-0.3, -0.25) is 0 Å². The second-order valence-electron chi connectivity index (χ2n) is 15.1. The Labute approximate surface area is 176 Å². The molecule has 0 atom stereocenters. The first-order valence-corrected chi connectivity index (χ1v) is 15.0. The Morgan fingerprint density at radius 2 is 0.407 bits per heavy atom. The summed E-state index contributed by atoms with van der Waals surface area (Å²) < 4.78 is 4.80. The van der Waals surface area contributed by atoms with Crippen molar-refractivity contribution in [1.82, 2.24) is 4.65 Å². The lowest BCUT2D eigenvalue weighted by Gasteiger charge is -2.69. The summed E-state index contributed by atoms with van der Waals surface area (Å²) in [4.78, 5) is 0. The van der Waals surface area contributed by atoms with Crippen LogP contribution >= 0.6 is 0 Å². The fourth-order valence-corrected chi connectivity index (χ4v) is 32.9. The zero-order valence-corrected chi connectivity index (χ0v) is 24.5. The van der Waals surface area contributed by atoms with Gasteiger partial charge in [-0.2, -0.15) is 0 Å². The van der Waals surface area contributed by atoms with Crippen molar-refractivity contribution in [2.24, 2.45) is 0 Å². The van der Waals surface area contributed by atoms with Crippen LogP contribution in [0.5, 0.6) is 0 Å². The van der Waals surface area contributed by atoms with Gasteiger partial charge in [-0.05, 0) is 30.2 Å². The summed E-state index contributed by atoms with van der Waals surface area (Å²) in [7, 11) is -4.11. The molecule has 0 aliphatic heterocycles. The molecule has 0 spiro atoms. The molecule has 0 saturated heterocycles. The molecule has 1 N–H and O–H groups in total. The quantitative estimate of drug-likeness (QED) is 0.444. The van der Waals surface area contributed by atoms with Crippen molar-refractivity contribution in [2.45, 2.75) is 155 Å². The average molecular weight is 414 g/mol. The van der Waals surface area contributed by atoms with Gasteiger partial charge in [0.25, 0.3) is 0 Å². The minimum absolute atomic E-state index is 0.253. The first kappa shape index (κ1) is 27.4. The second-order valence-corrected chi connectivity index (χ2v) is 28.1. The van der Waals surface area contributed by atoms with Gasteiger partial charge in [-0.25, -0.2) is 0 Å². The largest absolute Gasteiger partial charge is 0.357 e. The van der Waals surface area contributed by atoms with Crippen LogP contribution in [0.4, 0.5) is 0 Å². The molecule has 3 heteroatoms. The van der Waals surface area contributed by atoms with E-state index in [2.05, 4.69) is 125 Å². The minimum atomic E-state index is -2.05. The molecule has 0 unspecified atom stereocenters. The standard InChI is InChI=1S/C24H55NSi2/c1-19(2,3)26(20(4,5)6,21(7,8)9)25-27(22(10,11)12,23(13,14)15)24(16,17)18/h25H,1-18H3. The van der Waals surface area contributed by atoms with Crippen molar-refractivity contribution in [3.8, 4) is 0 Å². The maximum atomic E-state index is 4.80. The molecule has 164 valence electrons. The second kappa shape index (κ2) is 6.98. The molecule has 0 amide bonds. The molecule has 0 heterocycles. The first-order valence-electron chi connectivity index (χ1n) is 11.0. The van der Waals surface area contributed by atoms with E-state index < -0.39 is 16.5 Å². The molecule has 0 rings (SSSR count). The summed E-state index contributed by atoms with van der Waals surface area (Å²) >= 11 is 0. The molecule has 0 fully saturated rings. The van der Waals surface area contributed by atoms with Crippen LogP contribution in [-0.2, 0) is 0 Å². The molecule has 0 aromatic heterocycles. The molecular formula is C24H55NSi2. The Bertz CT molecular complexity index is 385. The van der Waals surface area contributed by atoms with Gasteiger partial charge in [0.1, 0.15) is 16.5 Å². The summed E-state index contributed by atoms with van der Waals surface area (Å²) in [6, 6.07) is 0. The highest BCUT2D eigenvalue weighted by Gasteiger charge is 2.69. The Kier molecular flexibility index (Phi) is 7.08. The summed E-state index contributed by atoms with van der Waals surface area (Å²) in [6.07, 6.45) is 0. The Morgan fingerprint density at radius 1 is 0.296 bits per heavy atom.